The lowest BCUT2D eigenvalue weighted by Gasteiger charge is -2.38. The van der Waals surface area contributed by atoms with Crippen LogP contribution in [0.1, 0.15) is 49.2 Å². The molecule has 0 spiro atoms. The summed E-state index contributed by atoms with van der Waals surface area (Å²) in [5, 5.41) is 17.5. The molecule has 1 aliphatic rings. The Balaban J connectivity index is 1.57. The second-order valence-corrected chi connectivity index (χ2v) is 8.77. The van der Waals surface area contributed by atoms with E-state index in [4.69, 9.17) is 11.6 Å². The molecule has 1 saturated heterocycles. The van der Waals surface area contributed by atoms with Gasteiger partial charge in [0, 0.05) is 30.0 Å². The van der Waals surface area contributed by atoms with Crippen molar-refractivity contribution in [1.29, 1.82) is 0 Å². The van der Waals surface area contributed by atoms with Crippen molar-refractivity contribution in [1.82, 2.24) is 9.88 Å². The predicted octanol–water partition coefficient (Wildman–Crippen LogP) is 4.38. The molecule has 0 bridgehead atoms. The summed E-state index contributed by atoms with van der Waals surface area (Å²) in [5.74, 6) is 0.563. The minimum Gasteiger partial charge on any atom is -0.385 e. The van der Waals surface area contributed by atoms with E-state index in [1.54, 1.807) is 22.4 Å². The van der Waals surface area contributed by atoms with Gasteiger partial charge < -0.3 is 15.3 Å². The molecule has 1 aliphatic heterocycles. The lowest BCUT2D eigenvalue weighted by atomic mass is 9.84. The number of hydrogen-bond donors (Lipinski definition) is 2. The van der Waals surface area contributed by atoms with Crippen molar-refractivity contribution in [3.63, 3.8) is 0 Å². The number of halogens is 1. The zero-order valence-electron chi connectivity index (χ0n) is 15.7. The van der Waals surface area contributed by atoms with Gasteiger partial charge in [-0.25, -0.2) is 4.98 Å². The van der Waals surface area contributed by atoms with Gasteiger partial charge in [0.25, 0.3) is 5.91 Å². The van der Waals surface area contributed by atoms with Crippen molar-refractivity contribution in [3.8, 4) is 0 Å². The normalized spacial score (nSPS) is 16.6. The first-order valence-electron chi connectivity index (χ1n) is 9.34. The van der Waals surface area contributed by atoms with Crippen LogP contribution in [0.15, 0.2) is 29.6 Å². The molecule has 0 unspecified atom stereocenters. The fourth-order valence-electron chi connectivity index (χ4n) is 3.21. The zero-order valence-corrected chi connectivity index (χ0v) is 17.3. The Morgan fingerprint density at radius 1 is 1.33 bits per heavy atom. The molecule has 27 heavy (non-hydrogen) atoms. The monoisotopic (exact) mass is 407 g/mol. The van der Waals surface area contributed by atoms with Crippen molar-refractivity contribution in [2.75, 3.05) is 25.0 Å². The molecule has 2 heterocycles. The summed E-state index contributed by atoms with van der Waals surface area (Å²) in [4.78, 5) is 18.9. The van der Waals surface area contributed by atoms with Gasteiger partial charge in [0.2, 0.25) is 0 Å². The van der Waals surface area contributed by atoms with E-state index in [0.29, 0.717) is 42.6 Å². The first kappa shape index (κ1) is 20.1. The quantitative estimate of drug-likeness (QED) is 0.745. The van der Waals surface area contributed by atoms with Crippen LogP contribution in [0.2, 0.25) is 5.02 Å². The third-order valence-corrected chi connectivity index (χ3v) is 6.03. The van der Waals surface area contributed by atoms with E-state index in [1.165, 1.54) is 11.3 Å². The molecule has 0 atom stereocenters. The van der Waals surface area contributed by atoms with Gasteiger partial charge in [0.1, 0.15) is 5.69 Å². The number of benzene rings is 1. The van der Waals surface area contributed by atoms with Gasteiger partial charge in [-0.15, -0.1) is 11.3 Å². The maximum atomic E-state index is 12.7. The highest BCUT2D eigenvalue weighted by atomic mass is 35.5. The summed E-state index contributed by atoms with van der Waals surface area (Å²) in [6, 6.07) is 7.29. The average Bonchev–Trinajstić information content (AvgIpc) is 3.11. The summed E-state index contributed by atoms with van der Waals surface area (Å²) in [7, 11) is 0. The van der Waals surface area contributed by atoms with Gasteiger partial charge in [-0.3, -0.25) is 4.79 Å². The number of aromatic nitrogens is 1. The van der Waals surface area contributed by atoms with Crippen molar-refractivity contribution in [3.05, 3.63) is 45.9 Å². The Labute approximate surface area is 169 Å². The van der Waals surface area contributed by atoms with Crippen LogP contribution in [0.25, 0.3) is 0 Å². The van der Waals surface area contributed by atoms with E-state index >= 15 is 0 Å². The van der Waals surface area contributed by atoms with E-state index in [2.05, 4.69) is 24.1 Å². The van der Waals surface area contributed by atoms with Gasteiger partial charge in [-0.2, -0.15) is 0 Å². The SMILES string of the molecule is CC(C)CCNc1nc(C(=O)N2CCC(O)(c3ccc(Cl)cc3)CC2)cs1. The molecule has 0 saturated carbocycles. The molecule has 1 aromatic heterocycles. The number of carbonyl (C=O) groups excluding carboxylic acids is 1. The van der Waals surface area contributed by atoms with Crippen molar-refractivity contribution in [2.45, 2.75) is 38.7 Å². The standard InChI is InChI=1S/C20H26ClN3O2S/c1-14(2)7-10-22-19-23-17(13-27-19)18(25)24-11-8-20(26,9-12-24)15-3-5-16(21)6-4-15/h3-6,13-14,26H,7-12H2,1-2H3,(H,22,23). The maximum absolute atomic E-state index is 12.7. The van der Waals surface area contributed by atoms with E-state index in [1.807, 2.05) is 12.1 Å². The molecule has 1 fully saturated rings. The third kappa shape index (κ3) is 5.00. The molecule has 2 aromatic rings. The first-order chi connectivity index (χ1) is 12.9. The second-order valence-electron chi connectivity index (χ2n) is 7.48. The Morgan fingerprint density at radius 3 is 2.63 bits per heavy atom. The first-order valence-corrected chi connectivity index (χ1v) is 10.6. The highest BCUT2D eigenvalue weighted by Gasteiger charge is 2.36. The van der Waals surface area contributed by atoms with Crippen LogP contribution < -0.4 is 5.32 Å². The van der Waals surface area contributed by atoms with Gasteiger partial charge in [-0.1, -0.05) is 37.6 Å². The molecule has 0 aliphatic carbocycles. The largest absolute Gasteiger partial charge is 0.385 e. The van der Waals surface area contributed by atoms with Crippen molar-refractivity contribution in [2.24, 2.45) is 5.92 Å². The molecule has 1 amide bonds. The van der Waals surface area contributed by atoms with Gasteiger partial charge in [0.05, 0.1) is 5.60 Å². The van der Waals surface area contributed by atoms with Crippen LogP contribution in [0.5, 0.6) is 0 Å². The summed E-state index contributed by atoms with van der Waals surface area (Å²) in [5.41, 5.74) is 0.417. The predicted molar refractivity (Wildman–Crippen MR) is 111 cm³/mol. The second kappa shape index (κ2) is 8.59. The Bertz CT molecular complexity index is 768. The van der Waals surface area contributed by atoms with Gasteiger partial charge in [-0.05, 0) is 42.9 Å². The highest BCUT2D eigenvalue weighted by molar-refractivity contribution is 7.13. The molecular formula is C20H26ClN3O2S. The molecule has 3 rings (SSSR count). The molecule has 2 N–H and O–H groups in total. The average molecular weight is 408 g/mol. The number of carbonyl (C=O) groups is 1. The summed E-state index contributed by atoms with van der Waals surface area (Å²) in [6.45, 7) is 6.23. The van der Waals surface area contributed by atoms with Crippen LogP contribution >= 0.6 is 22.9 Å². The maximum Gasteiger partial charge on any atom is 0.273 e. The number of nitrogens with zero attached hydrogens (tertiary/aromatic N) is 2. The molecule has 1 aromatic carbocycles. The lowest BCUT2D eigenvalue weighted by Crippen LogP contribution is -2.45. The van der Waals surface area contributed by atoms with Crippen molar-refractivity contribution >= 4 is 34.0 Å². The number of aliphatic hydroxyl groups is 1. The Hall–Kier alpha value is -1.63. The zero-order chi connectivity index (χ0) is 19.4. The van der Waals surface area contributed by atoms with E-state index in [9.17, 15) is 9.90 Å². The van der Waals surface area contributed by atoms with E-state index in [0.717, 1.165) is 23.7 Å². The number of piperidine rings is 1. The number of hydrogen-bond acceptors (Lipinski definition) is 5. The van der Waals surface area contributed by atoms with E-state index in [-0.39, 0.29) is 5.91 Å². The van der Waals surface area contributed by atoms with Crippen LogP contribution in [-0.2, 0) is 5.60 Å². The number of thiazole rings is 1. The molecule has 146 valence electrons. The lowest BCUT2D eigenvalue weighted by molar-refractivity contribution is -0.0212. The number of anilines is 1. The summed E-state index contributed by atoms with van der Waals surface area (Å²) in [6.07, 6.45) is 2.08. The molecule has 5 nitrogen and oxygen atoms in total. The van der Waals surface area contributed by atoms with E-state index < -0.39 is 5.60 Å². The number of nitrogens with one attached hydrogen (secondary N) is 1. The molecular weight excluding hydrogens is 382 g/mol. The van der Waals surface area contributed by atoms with Gasteiger partial charge in [0.15, 0.2) is 5.13 Å². The fourth-order valence-corrected chi connectivity index (χ4v) is 4.05. The van der Waals surface area contributed by atoms with Gasteiger partial charge >= 0.3 is 0 Å². The summed E-state index contributed by atoms with van der Waals surface area (Å²) < 4.78 is 0. The van der Waals surface area contributed by atoms with Crippen LogP contribution in [0, 0.1) is 5.92 Å². The van der Waals surface area contributed by atoms with Crippen molar-refractivity contribution < 1.29 is 9.90 Å². The number of likely N-dealkylation sites (tertiary alicyclic amines) is 1. The Kier molecular flexibility index (Phi) is 6.40. The van der Waals surface area contributed by atoms with Crippen LogP contribution in [0.3, 0.4) is 0 Å². The van der Waals surface area contributed by atoms with Crippen LogP contribution in [0.4, 0.5) is 5.13 Å². The highest BCUT2D eigenvalue weighted by Crippen LogP contribution is 2.34. The molecule has 7 heteroatoms. The number of rotatable bonds is 6. The minimum absolute atomic E-state index is 0.0682. The third-order valence-electron chi connectivity index (χ3n) is 4.98. The Morgan fingerprint density at radius 2 is 2.00 bits per heavy atom. The topological polar surface area (TPSA) is 65.5 Å². The summed E-state index contributed by atoms with van der Waals surface area (Å²) >= 11 is 7.39. The minimum atomic E-state index is -0.910. The smallest absolute Gasteiger partial charge is 0.273 e. The fraction of sp³-hybridized carbons (Fsp3) is 0.500. The van der Waals surface area contributed by atoms with Crippen LogP contribution in [-0.4, -0.2) is 40.5 Å². The molecule has 0 radical (unpaired) electrons. The number of amides is 1.